The molecule has 1 fully saturated rings. The summed E-state index contributed by atoms with van der Waals surface area (Å²) in [7, 11) is 0. The van der Waals surface area contributed by atoms with Crippen molar-refractivity contribution in [3.63, 3.8) is 0 Å². The second-order valence-corrected chi connectivity index (χ2v) is 7.97. The predicted octanol–water partition coefficient (Wildman–Crippen LogP) is 4.22. The number of anilines is 1. The summed E-state index contributed by atoms with van der Waals surface area (Å²) in [5.74, 6) is 0.897. The third-order valence-corrected chi connectivity index (χ3v) is 5.93. The number of hydrogen-bond donors (Lipinski definition) is 0. The van der Waals surface area contributed by atoms with Crippen LogP contribution in [0, 0.1) is 0 Å². The van der Waals surface area contributed by atoms with Crippen LogP contribution in [0.2, 0.25) is 5.02 Å². The summed E-state index contributed by atoms with van der Waals surface area (Å²) < 4.78 is 0. The van der Waals surface area contributed by atoms with Gasteiger partial charge in [-0.3, -0.25) is 9.78 Å². The van der Waals surface area contributed by atoms with E-state index >= 15 is 0 Å². The molecule has 0 saturated carbocycles. The molecule has 1 aromatic carbocycles. The number of aromatic nitrogens is 2. The van der Waals surface area contributed by atoms with Crippen LogP contribution in [-0.4, -0.2) is 47.0 Å². The molecule has 3 aromatic rings. The predicted molar refractivity (Wildman–Crippen MR) is 115 cm³/mol. The highest BCUT2D eigenvalue weighted by atomic mass is 35.5. The van der Waals surface area contributed by atoms with E-state index < -0.39 is 0 Å². The zero-order chi connectivity index (χ0) is 19.3. The lowest BCUT2D eigenvalue weighted by atomic mass is 10.2. The fourth-order valence-corrected chi connectivity index (χ4v) is 4.21. The Bertz CT molecular complexity index is 981. The zero-order valence-corrected chi connectivity index (χ0v) is 16.7. The van der Waals surface area contributed by atoms with Crippen LogP contribution in [0.1, 0.15) is 4.88 Å². The molecule has 0 atom stereocenters. The van der Waals surface area contributed by atoms with Gasteiger partial charge in [-0.2, -0.15) is 0 Å². The molecule has 1 amide bonds. The number of piperazine rings is 1. The minimum Gasteiger partial charge on any atom is -0.352 e. The number of nitrogens with zero attached hydrogens (tertiary/aromatic N) is 4. The average Bonchev–Trinajstić information content (AvgIpc) is 3.22. The first kappa shape index (κ1) is 18.7. The molecule has 2 aromatic heterocycles. The lowest BCUT2D eigenvalue weighted by molar-refractivity contribution is -0.126. The number of carbonyl (C=O) groups excluding carboxylic acids is 1. The van der Waals surface area contributed by atoms with Crippen molar-refractivity contribution in [2.45, 2.75) is 0 Å². The number of benzene rings is 1. The van der Waals surface area contributed by atoms with Gasteiger partial charge in [0.25, 0.3) is 0 Å². The maximum absolute atomic E-state index is 12.5. The van der Waals surface area contributed by atoms with Gasteiger partial charge in [0.2, 0.25) is 5.91 Å². The van der Waals surface area contributed by atoms with Gasteiger partial charge >= 0.3 is 0 Å². The number of hydrogen-bond acceptors (Lipinski definition) is 5. The van der Waals surface area contributed by atoms with Crippen molar-refractivity contribution < 1.29 is 4.79 Å². The van der Waals surface area contributed by atoms with Crippen molar-refractivity contribution in [1.29, 1.82) is 0 Å². The maximum Gasteiger partial charge on any atom is 0.246 e. The van der Waals surface area contributed by atoms with E-state index in [0.29, 0.717) is 13.1 Å². The summed E-state index contributed by atoms with van der Waals surface area (Å²) in [6.45, 7) is 2.88. The molecule has 0 bridgehead atoms. The van der Waals surface area contributed by atoms with Crippen LogP contribution < -0.4 is 4.90 Å². The van der Waals surface area contributed by atoms with Gasteiger partial charge in [0.05, 0.1) is 6.20 Å². The normalized spacial score (nSPS) is 14.6. The van der Waals surface area contributed by atoms with Crippen LogP contribution in [0.4, 0.5) is 5.82 Å². The first-order valence-corrected chi connectivity index (χ1v) is 10.2. The Labute approximate surface area is 172 Å². The number of amides is 1. The zero-order valence-electron chi connectivity index (χ0n) is 15.2. The molecule has 4 rings (SSSR count). The smallest absolute Gasteiger partial charge is 0.246 e. The van der Waals surface area contributed by atoms with Gasteiger partial charge in [0.15, 0.2) is 0 Å². The Balaban J connectivity index is 1.35. The molecule has 1 aliphatic rings. The molecule has 142 valence electrons. The monoisotopic (exact) mass is 410 g/mol. The van der Waals surface area contributed by atoms with E-state index in [1.165, 1.54) is 0 Å². The van der Waals surface area contributed by atoms with E-state index in [0.717, 1.165) is 39.2 Å². The van der Waals surface area contributed by atoms with Gasteiger partial charge in [0.1, 0.15) is 5.82 Å². The number of halogens is 1. The first-order chi connectivity index (χ1) is 13.7. The van der Waals surface area contributed by atoms with Crippen LogP contribution in [0.5, 0.6) is 0 Å². The fraction of sp³-hybridized carbons (Fsp3) is 0.190. The van der Waals surface area contributed by atoms with E-state index in [-0.39, 0.29) is 5.91 Å². The molecule has 0 unspecified atom stereocenters. The summed E-state index contributed by atoms with van der Waals surface area (Å²) in [4.78, 5) is 27.1. The molecule has 7 heteroatoms. The largest absolute Gasteiger partial charge is 0.352 e. The van der Waals surface area contributed by atoms with Crippen LogP contribution in [-0.2, 0) is 4.79 Å². The van der Waals surface area contributed by atoms with Gasteiger partial charge in [-0.1, -0.05) is 23.7 Å². The Hall–Kier alpha value is -2.70. The fourth-order valence-electron chi connectivity index (χ4n) is 3.11. The van der Waals surface area contributed by atoms with Gasteiger partial charge in [-0.05, 0) is 35.9 Å². The molecule has 5 nitrogen and oxygen atoms in total. The Morgan fingerprint density at radius 3 is 2.71 bits per heavy atom. The summed E-state index contributed by atoms with van der Waals surface area (Å²) in [6, 6.07) is 11.9. The highest BCUT2D eigenvalue weighted by Crippen LogP contribution is 2.30. The molecular formula is C21H19ClN4OS. The third kappa shape index (κ3) is 4.40. The van der Waals surface area contributed by atoms with Gasteiger partial charge in [0, 0.05) is 59.4 Å². The minimum absolute atomic E-state index is 0.0384. The first-order valence-electron chi connectivity index (χ1n) is 9.03. The summed E-state index contributed by atoms with van der Waals surface area (Å²) in [5, 5.41) is 0.721. The quantitative estimate of drug-likeness (QED) is 0.604. The van der Waals surface area contributed by atoms with Crippen LogP contribution in [0.3, 0.4) is 0 Å². The third-order valence-electron chi connectivity index (χ3n) is 4.59. The molecule has 1 saturated heterocycles. The van der Waals surface area contributed by atoms with Crippen molar-refractivity contribution in [2.75, 3.05) is 31.1 Å². The molecular weight excluding hydrogens is 392 g/mol. The van der Waals surface area contributed by atoms with Crippen LogP contribution >= 0.6 is 22.9 Å². The second-order valence-electron chi connectivity index (χ2n) is 6.42. The second kappa shape index (κ2) is 8.54. The highest BCUT2D eigenvalue weighted by Gasteiger charge is 2.20. The topological polar surface area (TPSA) is 49.3 Å². The van der Waals surface area contributed by atoms with E-state index in [9.17, 15) is 4.79 Å². The summed E-state index contributed by atoms with van der Waals surface area (Å²) in [5.41, 5.74) is 1.09. The van der Waals surface area contributed by atoms with Crippen molar-refractivity contribution >= 4 is 40.7 Å². The summed E-state index contributed by atoms with van der Waals surface area (Å²) in [6.07, 6.45) is 8.65. The molecule has 0 radical (unpaired) electrons. The lowest BCUT2D eigenvalue weighted by Gasteiger charge is -2.34. The van der Waals surface area contributed by atoms with E-state index in [1.54, 1.807) is 36.0 Å². The van der Waals surface area contributed by atoms with E-state index in [1.807, 2.05) is 41.3 Å². The van der Waals surface area contributed by atoms with Crippen LogP contribution in [0.15, 0.2) is 61.1 Å². The van der Waals surface area contributed by atoms with Crippen molar-refractivity contribution in [3.05, 3.63) is 71.0 Å². The van der Waals surface area contributed by atoms with Crippen molar-refractivity contribution in [3.8, 4) is 10.4 Å². The SMILES string of the molecule is O=C(/C=C/c1ccc(-c2cccc(Cl)c2)s1)N1CCN(c2cnccn2)CC1. The highest BCUT2D eigenvalue weighted by molar-refractivity contribution is 7.16. The van der Waals surface area contributed by atoms with Gasteiger partial charge in [-0.15, -0.1) is 11.3 Å². The average molecular weight is 411 g/mol. The molecule has 0 aliphatic carbocycles. The van der Waals surface area contributed by atoms with Crippen molar-refractivity contribution in [1.82, 2.24) is 14.9 Å². The molecule has 3 heterocycles. The number of thiophene rings is 1. The summed E-state index contributed by atoms with van der Waals surface area (Å²) >= 11 is 7.71. The molecule has 1 aliphatic heterocycles. The Kier molecular flexibility index (Phi) is 5.69. The number of carbonyl (C=O) groups is 1. The Morgan fingerprint density at radius 1 is 1.11 bits per heavy atom. The van der Waals surface area contributed by atoms with Crippen LogP contribution in [0.25, 0.3) is 16.5 Å². The van der Waals surface area contributed by atoms with Crippen molar-refractivity contribution in [2.24, 2.45) is 0 Å². The van der Waals surface area contributed by atoms with E-state index in [2.05, 4.69) is 20.9 Å². The lowest BCUT2D eigenvalue weighted by Crippen LogP contribution is -2.48. The molecule has 0 N–H and O–H groups in total. The number of rotatable bonds is 4. The molecule has 0 spiro atoms. The van der Waals surface area contributed by atoms with Gasteiger partial charge < -0.3 is 9.80 Å². The molecule has 28 heavy (non-hydrogen) atoms. The Morgan fingerprint density at radius 2 is 1.96 bits per heavy atom. The van der Waals surface area contributed by atoms with Gasteiger partial charge in [-0.25, -0.2) is 4.98 Å². The maximum atomic E-state index is 12.5. The minimum atomic E-state index is 0.0384. The standard InChI is InChI=1S/C21H19ClN4OS/c22-17-3-1-2-16(14-17)19-6-4-18(28-19)5-7-21(27)26-12-10-25(11-13-26)20-15-23-8-9-24-20/h1-9,14-15H,10-13H2/b7-5+. The van der Waals surface area contributed by atoms with E-state index in [4.69, 9.17) is 11.6 Å².